The molecule has 0 radical (unpaired) electrons. The number of nitrogens with one attached hydrogen (secondary N) is 1. The standard InChI is InChI=1S/C17H32F3N5O2.HI/c1-13(17(18,19)20)24-9-11-25(12-10-24)14(21-5)22-7-8-23(6)15(26)27-16(2,3)4;/h13H,7-12H2,1-6H3,(H,21,22);1H. The maximum atomic E-state index is 12.8. The number of alkyl halides is 3. The van der Waals surface area contributed by atoms with Crippen LogP contribution in [0.5, 0.6) is 0 Å². The van der Waals surface area contributed by atoms with Crippen LogP contribution in [-0.4, -0.2) is 97.9 Å². The zero-order valence-electron chi connectivity index (χ0n) is 17.5. The molecule has 1 heterocycles. The number of piperazine rings is 1. The molecule has 1 aliphatic heterocycles. The van der Waals surface area contributed by atoms with Crippen molar-refractivity contribution >= 4 is 36.0 Å². The second-order valence-corrected chi connectivity index (χ2v) is 7.62. The van der Waals surface area contributed by atoms with E-state index in [1.807, 2.05) is 4.90 Å². The summed E-state index contributed by atoms with van der Waals surface area (Å²) in [5, 5.41) is 3.15. The highest BCUT2D eigenvalue weighted by Gasteiger charge is 2.41. The van der Waals surface area contributed by atoms with Gasteiger partial charge in [0.2, 0.25) is 0 Å². The maximum absolute atomic E-state index is 12.8. The van der Waals surface area contributed by atoms with Gasteiger partial charge >= 0.3 is 12.3 Å². The highest BCUT2D eigenvalue weighted by molar-refractivity contribution is 14.0. The predicted octanol–water partition coefficient (Wildman–Crippen LogP) is 2.62. The van der Waals surface area contributed by atoms with Gasteiger partial charge in [-0.1, -0.05) is 0 Å². The fourth-order valence-electron chi connectivity index (χ4n) is 2.63. The van der Waals surface area contributed by atoms with E-state index in [4.69, 9.17) is 4.74 Å². The minimum Gasteiger partial charge on any atom is -0.444 e. The number of aliphatic imine (C=N–C) groups is 1. The largest absolute Gasteiger partial charge is 0.444 e. The van der Waals surface area contributed by atoms with Crippen molar-refractivity contribution in [2.45, 2.75) is 45.5 Å². The van der Waals surface area contributed by atoms with E-state index in [1.54, 1.807) is 34.9 Å². The van der Waals surface area contributed by atoms with Crippen molar-refractivity contribution in [2.75, 3.05) is 53.4 Å². The SMILES string of the molecule is CN=C(NCCN(C)C(=O)OC(C)(C)C)N1CCN(C(C)C(F)(F)F)CC1.I. The summed E-state index contributed by atoms with van der Waals surface area (Å²) in [4.78, 5) is 20.9. The maximum Gasteiger partial charge on any atom is 0.410 e. The van der Waals surface area contributed by atoms with E-state index in [0.717, 1.165) is 0 Å². The van der Waals surface area contributed by atoms with Crippen molar-refractivity contribution < 1.29 is 22.7 Å². The zero-order valence-corrected chi connectivity index (χ0v) is 19.8. The molecule has 166 valence electrons. The number of ether oxygens (including phenoxy) is 1. The van der Waals surface area contributed by atoms with E-state index in [9.17, 15) is 18.0 Å². The molecule has 0 saturated carbocycles. The number of rotatable bonds is 4. The van der Waals surface area contributed by atoms with Crippen LogP contribution in [0.4, 0.5) is 18.0 Å². The van der Waals surface area contributed by atoms with Crippen LogP contribution >= 0.6 is 24.0 Å². The van der Waals surface area contributed by atoms with Crippen LogP contribution < -0.4 is 5.32 Å². The molecule has 0 aromatic carbocycles. The minimum absolute atomic E-state index is 0. The number of guanidine groups is 1. The Morgan fingerprint density at radius 1 is 1.21 bits per heavy atom. The van der Waals surface area contributed by atoms with Gasteiger partial charge in [0, 0.05) is 53.4 Å². The Kier molecular flexibility index (Phi) is 10.9. The summed E-state index contributed by atoms with van der Waals surface area (Å²) in [7, 11) is 3.28. The van der Waals surface area contributed by atoms with E-state index >= 15 is 0 Å². The number of halogens is 4. The molecule has 1 saturated heterocycles. The molecule has 11 heteroatoms. The third kappa shape index (κ3) is 9.01. The van der Waals surface area contributed by atoms with Crippen LogP contribution in [0, 0.1) is 0 Å². The summed E-state index contributed by atoms with van der Waals surface area (Å²) in [6.07, 6.45) is -4.62. The summed E-state index contributed by atoms with van der Waals surface area (Å²) in [6.45, 7) is 9.03. The van der Waals surface area contributed by atoms with E-state index in [1.165, 1.54) is 16.7 Å². The van der Waals surface area contributed by atoms with Crippen LogP contribution in [0.3, 0.4) is 0 Å². The molecule has 0 aromatic heterocycles. The van der Waals surface area contributed by atoms with E-state index < -0.39 is 23.9 Å². The van der Waals surface area contributed by atoms with Gasteiger partial charge in [-0.2, -0.15) is 13.2 Å². The fraction of sp³-hybridized carbons (Fsp3) is 0.882. The first-order valence-electron chi connectivity index (χ1n) is 9.05. The Morgan fingerprint density at radius 2 is 1.75 bits per heavy atom. The molecule has 1 atom stereocenters. The molecular formula is C17H33F3IN5O2. The summed E-state index contributed by atoms with van der Waals surface area (Å²) in [6, 6.07) is -1.45. The zero-order chi connectivity index (χ0) is 20.8. The Hall–Kier alpha value is -0.980. The second-order valence-electron chi connectivity index (χ2n) is 7.62. The number of amides is 1. The molecule has 7 nitrogen and oxygen atoms in total. The molecule has 0 aliphatic carbocycles. The molecule has 1 rings (SSSR count). The lowest BCUT2D eigenvalue weighted by molar-refractivity contribution is -0.181. The topological polar surface area (TPSA) is 60.4 Å². The molecule has 1 amide bonds. The quantitative estimate of drug-likeness (QED) is 0.349. The number of nitrogens with zero attached hydrogens (tertiary/aromatic N) is 4. The van der Waals surface area contributed by atoms with Crippen LogP contribution in [0.1, 0.15) is 27.7 Å². The summed E-state index contributed by atoms with van der Waals surface area (Å²) in [5.74, 6) is 0.618. The minimum atomic E-state index is -4.21. The van der Waals surface area contributed by atoms with Gasteiger partial charge in [0.05, 0.1) is 0 Å². The van der Waals surface area contributed by atoms with Crippen LogP contribution in [0.25, 0.3) is 0 Å². The van der Waals surface area contributed by atoms with Crippen molar-refractivity contribution in [2.24, 2.45) is 4.99 Å². The first-order valence-corrected chi connectivity index (χ1v) is 9.05. The van der Waals surface area contributed by atoms with Gasteiger partial charge in [0.25, 0.3) is 0 Å². The Bertz CT molecular complexity index is 518. The average Bonchev–Trinajstić information content (AvgIpc) is 2.55. The van der Waals surface area contributed by atoms with E-state index in [0.29, 0.717) is 45.2 Å². The van der Waals surface area contributed by atoms with Crippen molar-refractivity contribution in [1.29, 1.82) is 0 Å². The number of carbonyl (C=O) groups excluding carboxylic acids is 1. The summed E-state index contributed by atoms with van der Waals surface area (Å²) >= 11 is 0. The van der Waals surface area contributed by atoms with Gasteiger partial charge in [-0.3, -0.25) is 9.89 Å². The summed E-state index contributed by atoms with van der Waals surface area (Å²) < 4.78 is 43.8. The van der Waals surface area contributed by atoms with E-state index in [-0.39, 0.29) is 24.0 Å². The van der Waals surface area contributed by atoms with Gasteiger partial charge in [0.1, 0.15) is 11.6 Å². The highest BCUT2D eigenvalue weighted by atomic mass is 127. The van der Waals surface area contributed by atoms with Gasteiger partial charge in [-0.05, 0) is 27.7 Å². The molecule has 0 bridgehead atoms. The van der Waals surface area contributed by atoms with E-state index in [2.05, 4.69) is 10.3 Å². The van der Waals surface area contributed by atoms with Crippen LogP contribution in [-0.2, 0) is 4.74 Å². The summed E-state index contributed by atoms with van der Waals surface area (Å²) in [5.41, 5.74) is -0.554. The van der Waals surface area contributed by atoms with Crippen molar-refractivity contribution in [3.8, 4) is 0 Å². The lowest BCUT2D eigenvalue weighted by Gasteiger charge is -2.39. The van der Waals surface area contributed by atoms with Gasteiger partial charge < -0.3 is 19.9 Å². The smallest absolute Gasteiger partial charge is 0.410 e. The predicted molar refractivity (Wildman–Crippen MR) is 114 cm³/mol. The molecule has 0 spiro atoms. The second kappa shape index (κ2) is 11.3. The average molecular weight is 523 g/mol. The number of hydrogen-bond acceptors (Lipinski definition) is 4. The van der Waals surface area contributed by atoms with Crippen LogP contribution in [0.2, 0.25) is 0 Å². The lowest BCUT2D eigenvalue weighted by Crippen LogP contribution is -2.57. The molecule has 1 fully saturated rings. The number of hydrogen-bond donors (Lipinski definition) is 1. The Labute approximate surface area is 182 Å². The van der Waals surface area contributed by atoms with Crippen molar-refractivity contribution in [3.05, 3.63) is 0 Å². The normalized spacial score (nSPS) is 17.6. The van der Waals surface area contributed by atoms with Gasteiger partial charge in [-0.15, -0.1) is 24.0 Å². The molecule has 1 unspecified atom stereocenters. The Morgan fingerprint density at radius 3 is 2.18 bits per heavy atom. The highest BCUT2D eigenvalue weighted by Crippen LogP contribution is 2.25. The first kappa shape index (κ1) is 27.0. The number of likely N-dealkylation sites (N-methyl/N-ethyl adjacent to an activating group) is 1. The molecular weight excluding hydrogens is 490 g/mol. The van der Waals surface area contributed by atoms with Crippen molar-refractivity contribution in [3.63, 3.8) is 0 Å². The fourth-order valence-corrected chi connectivity index (χ4v) is 2.63. The first-order chi connectivity index (χ1) is 12.3. The third-order valence-electron chi connectivity index (χ3n) is 4.28. The molecule has 1 N–H and O–H groups in total. The lowest BCUT2D eigenvalue weighted by atomic mass is 10.2. The van der Waals surface area contributed by atoms with Gasteiger partial charge in [0.15, 0.2) is 5.96 Å². The molecule has 1 aliphatic rings. The van der Waals surface area contributed by atoms with Crippen LogP contribution in [0.15, 0.2) is 4.99 Å². The third-order valence-corrected chi connectivity index (χ3v) is 4.28. The monoisotopic (exact) mass is 523 g/mol. The Balaban J connectivity index is 0.00000729. The van der Waals surface area contributed by atoms with Crippen molar-refractivity contribution in [1.82, 2.24) is 20.0 Å². The van der Waals surface area contributed by atoms with Gasteiger partial charge in [-0.25, -0.2) is 4.79 Å². The molecule has 28 heavy (non-hydrogen) atoms. The number of carbonyl (C=O) groups is 1. The molecule has 0 aromatic rings.